The predicted octanol–water partition coefficient (Wildman–Crippen LogP) is 4.72. The molecule has 0 atom stereocenters. The first-order valence-corrected chi connectivity index (χ1v) is 8.22. The maximum atomic E-state index is 12.5. The predicted molar refractivity (Wildman–Crippen MR) is 95.3 cm³/mol. The number of ketones is 2. The van der Waals surface area contributed by atoms with Crippen molar-refractivity contribution in [3.63, 3.8) is 0 Å². The number of carbonyl (C=O) groups is 2. The first-order chi connectivity index (χ1) is 12.2. The van der Waals surface area contributed by atoms with Gasteiger partial charge in [-0.2, -0.15) is 0 Å². The molecular weight excluding hydrogens is 312 g/mol. The van der Waals surface area contributed by atoms with Crippen LogP contribution in [0.1, 0.15) is 26.3 Å². The summed E-state index contributed by atoms with van der Waals surface area (Å²) in [6.07, 6.45) is 0.387. The number of hydrogen-bond donors (Lipinski definition) is 0. The Kier molecular flexibility index (Phi) is 3.90. The third-order valence-electron chi connectivity index (χ3n) is 4.41. The van der Waals surface area contributed by atoms with E-state index >= 15 is 0 Å². The Morgan fingerprint density at radius 1 is 0.680 bits per heavy atom. The molecule has 122 valence electrons. The lowest BCUT2D eigenvalue weighted by molar-refractivity contribution is 0.0838. The molecule has 1 aliphatic carbocycles. The molecule has 0 saturated heterocycles. The third-order valence-corrected chi connectivity index (χ3v) is 4.41. The van der Waals surface area contributed by atoms with Crippen molar-refractivity contribution in [2.24, 2.45) is 5.92 Å². The van der Waals surface area contributed by atoms with Gasteiger partial charge >= 0.3 is 0 Å². The molecule has 0 heterocycles. The van der Waals surface area contributed by atoms with E-state index < -0.39 is 5.92 Å². The Bertz CT molecular complexity index is 909. The van der Waals surface area contributed by atoms with Crippen LogP contribution in [0.3, 0.4) is 0 Å². The average molecular weight is 328 g/mol. The minimum atomic E-state index is -0.635. The van der Waals surface area contributed by atoms with Crippen LogP contribution in [-0.2, 0) is 6.42 Å². The zero-order chi connectivity index (χ0) is 17.2. The monoisotopic (exact) mass is 328 g/mol. The molecule has 1 aliphatic rings. The minimum Gasteiger partial charge on any atom is -0.457 e. The zero-order valence-corrected chi connectivity index (χ0v) is 13.5. The van der Waals surface area contributed by atoms with Gasteiger partial charge in [0.15, 0.2) is 11.6 Å². The number of ether oxygens (including phenoxy) is 1. The van der Waals surface area contributed by atoms with Gasteiger partial charge in [-0.1, -0.05) is 54.6 Å². The van der Waals surface area contributed by atoms with Gasteiger partial charge in [0.2, 0.25) is 0 Å². The van der Waals surface area contributed by atoms with E-state index in [9.17, 15) is 9.59 Å². The average Bonchev–Trinajstić information content (AvgIpc) is 2.88. The summed E-state index contributed by atoms with van der Waals surface area (Å²) in [7, 11) is 0. The Morgan fingerprint density at radius 3 is 1.96 bits per heavy atom. The summed E-state index contributed by atoms with van der Waals surface area (Å²) >= 11 is 0. The molecule has 0 N–H and O–H groups in total. The second-order valence-corrected chi connectivity index (χ2v) is 6.09. The van der Waals surface area contributed by atoms with Crippen molar-refractivity contribution in [2.45, 2.75) is 6.42 Å². The van der Waals surface area contributed by atoms with Gasteiger partial charge in [0.1, 0.15) is 11.5 Å². The first-order valence-electron chi connectivity index (χ1n) is 8.22. The molecular formula is C22H16O3. The molecule has 0 fully saturated rings. The standard InChI is InChI=1S/C22H16O3/c23-21-18-11-4-5-12-19(18)22(24)20(21)14-15-7-6-10-17(13-15)25-16-8-2-1-3-9-16/h1-13,20H,14H2. The molecule has 0 amide bonds. The maximum absolute atomic E-state index is 12.5. The molecule has 25 heavy (non-hydrogen) atoms. The normalized spacial score (nSPS) is 13.8. The van der Waals surface area contributed by atoms with Crippen LogP contribution in [0.4, 0.5) is 0 Å². The van der Waals surface area contributed by atoms with Crippen molar-refractivity contribution in [2.75, 3.05) is 0 Å². The molecule has 3 heteroatoms. The van der Waals surface area contributed by atoms with E-state index in [1.165, 1.54) is 0 Å². The van der Waals surface area contributed by atoms with Gasteiger partial charge < -0.3 is 4.74 Å². The van der Waals surface area contributed by atoms with Gasteiger partial charge in [0.05, 0.1) is 5.92 Å². The number of hydrogen-bond acceptors (Lipinski definition) is 3. The van der Waals surface area contributed by atoms with Crippen LogP contribution in [0, 0.1) is 5.92 Å². The molecule has 0 aromatic heterocycles. The lowest BCUT2D eigenvalue weighted by Gasteiger charge is -2.10. The summed E-state index contributed by atoms with van der Waals surface area (Å²) in [6.45, 7) is 0. The van der Waals surface area contributed by atoms with E-state index in [4.69, 9.17) is 4.74 Å². The minimum absolute atomic E-state index is 0.0880. The Labute approximate surface area is 145 Å². The van der Waals surface area contributed by atoms with E-state index in [0.717, 1.165) is 11.3 Å². The van der Waals surface area contributed by atoms with Crippen LogP contribution >= 0.6 is 0 Å². The van der Waals surface area contributed by atoms with E-state index in [-0.39, 0.29) is 11.6 Å². The summed E-state index contributed by atoms with van der Waals surface area (Å²) < 4.78 is 5.83. The highest BCUT2D eigenvalue weighted by atomic mass is 16.5. The van der Waals surface area contributed by atoms with Crippen molar-refractivity contribution >= 4 is 11.6 Å². The van der Waals surface area contributed by atoms with Crippen molar-refractivity contribution < 1.29 is 14.3 Å². The third kappa shape index (κ3) is 2.96. The quantitative estimate of drug-likeness (QED) is 0.651. The van der Waals surface area contributed by atoms with E-state index in [1.807, 2.05) is 54.6 Å². The summed E-state index contributed by atoms with van der Waals surface area (Å²) in [6, 6.07) is 24.1. The lowest BCUT2D eigenvalue weighted by Crippen LogP contribution is -2.17. The molecule has 0 radical (unpaired) electrons. The van der Waals surface area contributed by atoms with Gasteiger partial charge in [0.25, 0.3) is 0 Å². The Hall–Kier alpha value is -3.20. The van der Waals surface area contributed by atoms with Crippen LogP contribution in [0.25, 0.3) is 0 Å². The van der Waals surface area contributed by atoms with Crippen LogP contribution in [0.15, 0.2) is 78.9 Å². The smallest absolute Gasteiger partial charge is 0.174 e. The summed E-state index contributed by atoms with van der Waals surface area (Å²) in [5.74, 6) is 0.633. The number of rotatable bonds is 4. The maximum Gasteiger partial charge on any atom is 0.174 e. The Morgan fingerprint density at radius 2 is 1.28 bits per heavy atom. The number of carbonyl (C=O) groups excluding carboxylic acids is 2. The molecule has 4 rings (SSSR count). The fraction of sp³-hybridized carbons (Fsp3) is 0.0909. The topological polar surface area (TPSA) is 43.4 Å². The molecule has 0 bridgehead atoms. The Balaban J connectivity index is 1.55. The summed E-state index contributed by atoms with van der Waals surface area (Å²) in [4.78, 5) is 25.1. The van der Waals surface area contributed by atoms with Gasteiger partial charge in [-0.3, -0.25) is 9.59 Å². The van der Waals surface area contributed by atoms with Gasteiger partial charge in [-0.25, -0.2) is 0 Å². The van der Waals surface area contributed by atoms with Gasteiger partial charge in [-0.15, -0.1) is 0 Å². The second-order valence-electron chi connectivity index (χ2n) is 6.09. The van der Waals surface area contributed by atoms with Crippen molar-refractivity contribution in [3.8, 4) is 11.5 Å². The van der Waals surface area contributed by atoms with Crippen LogP contribution in [0.5, 0.6) is 11.5 Å². The van der Waals surface area contributed by atoms with Gasteiger partial charge in [-0.05, 0) is 36.2 Å². The summed E-state index contributed by atoms with van der Waals surface area (Å²) in [5.41, 5.74) is 1.98. The van der Waals surface area contributed by atoms with Crippen LogP contribution in [0.2, 0.25) is 0 Å². The fourth-order valence-electron chi connectivity index (χ4n) is 3.19. The van der Waals surface area contributed by atoms with Crippen molar-refractivity contribution in [1.82, 2.24) is 0 Å². The highest BCUT2D eigenvalue weighted by molar-refractivity contribution is 6.26. The fourth-order valence-corrected chi connectivity index (χ4v) is 3.19. The lowest BCUT2D eigenvalue weighted by atomic mass is 9.95. The highest BCUT2D eigenvalue weighted by Gasteiger charge is 2.37. The SMILES string of the molecule is O=C1c2ccccc2C(=O)C1Cc1cccc(Oc2ccccc2)c1. The first kappa shape index (κ1) is 15.3. The van der Waals surface area contributed by atoms with Crippen LogP contribution in [-0.4, -0.2) is 11.6 Å². The highest BCUT2D eigenvalue weighted by Crippen LogP contribution is 2.30. The van der Waals surface area contributed by atoms with E-state index in [1.54, 1.807) is 24.3 Å². The molecule has 0 saturated carbocycles. The van der Waals surface area contributed by atoms with Gasteiger partial charge in [0, 0.05) is 11.1 Å². The molecule has 3 nitrogen and oxygen atoms in total. The van der Waals surface area contributed by atoms with E-state index in [2.05, 4.69) is 0 Å². The second kappa shape index (κ2) is 6.36. The zero-order valence-electron chi connectivity index (χ0n) is 13.5. The summed E-state index contributed by atoms with van der Waals surface area (Å²) in [5, 5.41) is 0. The molecule has 3 aromatic carbocycles. The molecule has 0 aliphatic heterocycles. The molecule has 3 aromatic rings. The number of benzene rings is 3. The largest absolute Gasteiger partial charge is 0.457 e. The van der Waals surface area contributed by atoms with Crippen molar-refractivity contribution in [1.29, 1.82) is 0 Å². The van der Waals surface area contributed by atoms with Crippen molar-refractivity contribution in [3.05, 3.63) is 95.6 Å². The van der Waals surface area contributed by atoms with Crippen LogP contribution < -0.4 is 4.74 Å². The molecule has 0 unspecified atom stereocenters. The number of para-hydroxylation sites is 1. The van der Waals surface area contributed by atoms with E-state index in [0.29, 0.717) is 23.3 Å². The number of Topliss-reactive ketones (excluding diaryl/α,β-unsaturated/α-hetero) is 2. The number of fused-ring (bicyclic) bond motifs is 1. The molecule has 0 spiro atoms.